The summed E-state index contributed by atoms with van der Waals surface area (Å²) in [5.41, 5.74) is 0. The number of aliphatic hydroxyl groups excluding tert-OH is 1. The second-order valence-corrected chi connectivity index (χ2v) is 30.0. The molecule has 17 nitrogen and oxygen atoms in total. The second-order valence-electron chi connectivity index (χ2n) is 27.1. The van der Waals surface area contributed by atoms with E-state index in [1.807, 2.05) is 0 Å². The number of phosphoric acid groups is 2. The van der Waals surface area contributed by atoms with E-state index in [9.17, 15) is 43.2 Å². The van der Waals surface area contributed by atoms with Gasteiger partial charge < -0.3 is 33.8 Å². The van der Waals surface area contributed by atoms with Crippen molar-refractivity contribution in [1.82, 2.24) is 0 Å². The van der Waals surface area contributed by atoms with E-state index >= 15 is 0 Å². The number of hydrogen-bond donors (Lipinski definition) is 3. The van der Waals surface area contributed by atoms with Crippen molar-refractivity contribution >= 4 is 39.5 Å². The van der Waals surface area contributed by atoms with Gasteiger partial charge in [0.2, 0.25) is 0 Å². The number of unbranched alkanes of at least 4 members (excludes halogenated alkanes) is 41. The lowest BCUT2D eigenvalue weighted by atomic mass is 9.99. The summed E-state index contributed by atoms with van der Waals surface area (Å²) in [4.78, 5) is 72.7. The maximum absolute atomic E-state index is 13.1. The van der Waals surface area contributed by atoms with Crippen LogP contribution in [0.1, 0.15) is 375 Å². The second kappa shape index (κ2) is 65.0. The van der Waals surface area contributed by atoms with Crippen LogP contribution in [0.4, 0.5) is 0 Å². The van der Waals surface area contributed by atoms with E-state index in [2.05, 4.69) is 41.5 Å². The van der Waals surface area contributed by atoms with Crippen LogP contribution in [0, 0.1) is 11.8 Å². The highest BCUT2D eigenvalue weighted by molar-refractivity contribution is 7.47. The molecule has 0 aromatic heterocycles. The van der Waals surface area contributed by atoms with Crippen molar-refractivity contribution < 1.29 is 80.2 Å². The van der Waals surface area contributed by atoms with Crippen LogP contribution in [0.3, 0.4) is 0 Å². The summed E-state index contributed by atoms with van der Waals surface area (Å²) >= 11 is 0. The Hall–Kier alpha value is -1.94. The van der Waals surface area contributed by atoms with Gasteiger partial charge in [0.1, 0.15) is 19.3 Å². The van der Waals surface area contributed by atoms with Crippen LogP contribution in [0.2, 0.25) is 0 Å². The highest BCUT2D eigenvalue weighted by Gasteiger charge is 2.30. The van der Waals surface area contributed by atoms with Crippen molar-refractivity contribution in [3.8, 4) is 0 Å². The number of aliphatic hydroxyl groups is 1. The van der Waals surface area contributed by atoms with E-state index in [1.165, 1.54) is 193 Å². The van der Waals surface area contributed by atoms with E-state index in [4.69, 9.17) is 37.0 Å². The van der Waals surface area contributed by atoms with Crippen molar-refractivity contribution in [3.63, 3.8) is 0 Å². The Labute approximate surface area is 562 Å². The monoisotopic (exact) mass is 1350 g/mol. The van der Waals surface area contributed by atoms with Gasteiger partial charge in [0.15, 0.2) is 12.2 Å². The first-order chi connectivity index (χ1) is 44.4. The zero-order valence-corrected chi connectivity index (χ0v) is 61.6. The molecule has 0 aliphatic heterocycles. The molecule has 6 atom stereocenters. The Morgan fingerprint density at radius 2 is 0.554 bits per heavy atom. The van der Waals surface area contributed by atoms with Crippen LogP contribution in [-0.2, 0) is 65.4 Å². The van der Waals surface area contributed by atoms with E-state index in [1.54, 1.807) is 0 Å². The molecule has 0 saturated carbocycles. The lowest BCUT2D eigenvalue weighted by Crippen LogP contribution is -2.30. The fraction of sp³-hybridized carbons (Fsp3) is 0.945. The molecule has 92 heavy (non-hydrogen) atoms. The van der Waals surface area contributed by atoms with E-state index in [0.717, 1.165) is 102 Å². The highest BCUT2D eigenvalue weighted by Crippen LogP contribution is 2.45. The standard InChI is InChI=1S/C73H142O17P2/c1-7-10-12-14-16-18-20-21-22-23-24-26-32-39-45-51-57-72(77)89-68(61-84-71(76)56-50-44-38-31-28-27-29-35-41-47-53-65(4)5)63-87-91(79,80)85-59-67(74)60-86-92(81,82)88-64-69(62-83-70(75)55-49-43-37-30-25-19-17-15-13-11-8-2)90-73(78)58-52-46-40-34-33-36-42-48-54-66(6)9-3/h65-69,74H,7-64H2,1-6H3,(H,79,80)(H,81,82)/t66?,67-,68-,69-/m1/s1. The molecule has 546 valence electrons. The lowest BCUT2D eigenvalue weighted by molar-refractivity contribution is -0.161. The number of rotatable bonds is 72. The van der Waals surface area contributed by atoms with Gasteiger partial charge in [-0.1, -0.05) is 324 Å². The van der Waals surface area contributed by atoms with E-state index in [-0.39, 0.29) is 25.7 Å². The molecule has 0 rings (SSSR count). The molecule has 0 aromatic carbocycles. The minimum atomic E-state index is -4.95. The quantitative estimate of drug-likeness (QED) is 0.0222. The molecule has 0 saturated heterocycles. The van der Waals surface area contributed by atoms with Gasteiger partial charge in [-0.05, 0) is 37.5 Å². The Balaban J connectivity index is 5.26. The Kier molecular flexibility index (Phi) is 63.7. The lowest BCUT2D eigenvalue weighted by Gasteiger charge is -2.21. The van der Waals surface area contributed by atoms with Crippen molar-refractivity contribution in [2.24, 2.45) is 11.8 Å². The van der Waals surface area contributed by atoms with Gasteiger partial charge in [-0.25, -0.2) is 9.13 Å². The third-order valence-electron chi connectivity index (χ3n) is 17.3. The maximum Gasteiger partial charge on any atom is 0.472 e. The summed E-state index contributed by atoms with van der Waals surface area (Å²) in [7, 11) is -9.91. The van der Waals surface area contributed by atoms with Crippen LogP contribution >= 0.6 is 15.6 Å². The van der Waals surface area contributed by atoms with Gasteiger partial charge in [-0.15, -0.1) is 0 Å². The molecule has 3 unspecified atom stereocenters. The SMILES string of the molecule is CCCCCCCCCCCCCCCCCCC(=O)O[C@H](COC(=O)CCCCCCCCCCCCC(C)C)COP(=O)(O)OC[C@@H](O)COP(=O)(O)OC[C@@H](COC(=O)CCCCCCCCCCCCC)OC(=O)CCCCCCCCCCC(C)CC. The van der Waals surface area contributed by atoms with E-state index in [0.29, 0.717) is 25.7 Å². The molecule has 19 heteroatoms. The number of esters is 4. The predicted molar refractivity (Wildman–Crippen MR) is 372 cm³/mol. The minimum absolute atomic E-state index is 0.105. The summed E-state index contributed by atoms with van der Waals surface area (Å²) in [5, 5.41) is 10.6. The Bertz CT molecular complexity index is 1790. The first-order valence-electron chi connectivity index (χ1n) is 38.0. The molecule has 0 spiro atoms. The van der Waals surface area contributed by atoms with Gasteiger partial charge in [0, 0.05) is 25.7 Å². The third kappa shape index (κ3) is 65.4. The zero-order chi connectivity index (χ0) is 67.9. The number of carbonyl (C=O) groups excluding carboxylic acids is 4. The fourth-order valence-corrected chi connectivity index (χ4v) is 12.7. The minimum Gasteiger partial charge on any atom is -0.462 e. The topological polar surface area (TPSA) is 237 Å². The van der Waals surface area contributed by atoms with Crippen molar-refractivity contribution in [2.75, 3.05) is 39.6 Å². The van der Waals surface area contributed by atoms with Gasteiger partial charge >= 0.3 is 39.5 Å². The molecule has 0 amide bonds. The van der Waals surface area contributed by atoms with Gasteiger partial charge in [0.05, 0.1) is 26.4 Å². The summed E-state index contributed by atoms with van der Waals surface area (Å²) in [6.45, 7) is 9.57. The first-order valence-corrected chi connectivity index (χ1v) is 41.0. The molecule has 0 radical (unpaired) electrons. The zero-order valence-electron chi connectivity index (χ0n) is 59.9. The van der Waals surface area contributed by atoms with Gasteiger partial charge in [0.25, 0.3) is 0 Å². The molecule has 0 fully saturated rings. The first kappa shape index (κ1) is 90.1. The maximum atomic E-state index is 13.1. The van der Waals surface area contributed by atoms with Crippen LogP contribution < -0.4 is 0 Å². The van der Waals surface area contributed by atoms with Crippen molar-refractivity contribution in [1.29, 1.82) is 0 Å². The molecular formula is C73H142O17P2. The molecule has 0 bridgehead atoms. The number of ether oxygens (including phenoxy) is 4. The predicted octanol–water partition coefficient (Wildman–Crippen LogP) is 21.2. The number of carbonyl (C=O) groups is 4. The third-order valence-corrected chi connectivity index (χ3v) is 19.2. The summed E-state index contributed by atoms with van der Waals surface area (Å²) in [6, 6.07) is 0. The van der Waals surface area contributed by atoms with Crippen LogP contribution in [0.25, 0.3) is 0 Å². The fourth-order valence-electron chi connectivity index (χ4n) is 11.1. The van der Waals surface area contributed by atoms with Crippen molar-refractivity contribution in [3.05, 3.63) is 0 Å². The number of phosphoric ester groups is 2. The average molecular weight is 1350 g/mol. The Morgan fingerprint density at radius 3 is 0.826 bits per heavy atom. The van der Waals surface area contributed by atoms with Crippen LogP contribution in [0.15, 0.2) is 0 Å². The Morgan fingerprint density at radius 1 is 0.315 bits per heavy atom. The van der Waals surface area contributed by atoms with Crippen LogP contribution in [-0.4, -0.2) is 96.7 Å². The van der Waals surface area contributed by atoms with Crippen LogP contribution in [0.5, 0.6) is 0 Å². The molecule has 0 aliphatic carbocycles. The molecular weight excluding hydrogens is 1210 g/mol. The average Bonchev–Trinajstić information content (AvgIpc) is 3.65. The summed E-state index contributed by atoms with van der Waals surface area (Å²) < 4.78 is 68.4. The van der Waals surface area contributed by atoms with Gasteiger partial charge in [-0.2, -0.15) is 0 Å². The summed E-state index contributed by atoms with van der Waals surface area (Å²) in [5.74, 6) is -0.591. The van der Waals surface area contributed by atoms with Crippen molar-refractivity contribution in [2.45, 2.75) is 394 Å². The number of hydrogen-bond acceptors (Lipinski definition) is 15. The smallest absolute Gasteiger partial charge is 0.462 e. The van der Waals surface area contributed by atoms with Gasteiger partial charge in [-0.3, -0.25) is 37.3 Å². The van der Waals surface area contributed by atoms with E-state index < -0.39 is 97.5 Å². The largest absolute Gasteiger partial charge is 0.472 e. The normalized spacial score (nSPS) is 14.4. The molecule has 0 heterocycles. The molecule has 0 aromatic rings. The molecule has 3 N–H and O–H groups in total. The summed E-state index contributed by atoms with van der Waals surface area (Å²) in [6.07, 6.45) is 51.2. The molecule has 0 aliphatic rings. The highest BCUT2D eigenvalue weighted by atomic mass is 31.2.